The van der Waals surface area contributed by atoms with E-state index in [2.05, 4.69) is 21.0 Å². The number of rotatable bonds is 1. The Morgan fingerprint density at radius 3 is 2.94 bits per heavy atom. The molecule has 3 rings (SSSR count). The van der Waals surface area contributed by atoms with E-state index in [1.807, 2.05) is 18.3 Å². The lowest BCUT2D eigenvalue weighted by Crippen LogP contribution is -2.17. The summed E-state index contributed by atoms with van der Waals surface area (Å²) in [6.45, 7) is 0. The molecule has 0 saturated carbocycles. The fraction of sp³-hybridized carbons (Fsp3) is 0.308. The molecule has 1 unspecified atom stereocenters. The zero-order valence-corrected chi connectivity index (χ0v) is 10.6. The molecule has 1 aliphatic carbocycles. The summed E-state index contributed by atoms with van der Waals surface area (Å²) < 4.78 is 0. The van der Waals surface area contributed by atoms with Crippen molar-refractivity contribution in [1.82, 2.24) is 15.0 Å². The van der Waals surface area contributed by atoms with Gasteiger partial charge in [-0.1, -0.05) is 17.7 Å². The molecule has 2 aromatic rings. The van der Waals surface area contributed by atoms with Crippen molar-refractivity contribution in [2.45, 2.75) is 25.2 Å². The molecule has 4 nitrogen and oxygen atoms in total. The van der Waals surface area contributed by atoms with Crippen molar-refractivity contribution in [3.63, 3.8) is 0 Å². The van der Waals surface area contributed by atoms with Crippen LogP contribution in [0.2, 0.25) is 5.15 Å². The molecule has 2 heterocycles. The van der Waals surface area contributed by atoms with Gasteiger partial charge in [-0.15, -0.1) is 0 Å². The number of hydrogen-bond donors (Lipinski definition) is 1. The molecule has 0 radical (unpaired) electrons. The molecule has 1 aliphatic rings. The van der Waals surface area contributed by atoms with Crippen LogP contribution < -0.4 is 5.73 Å². The maximum Gasteiger partial charge on any atom is 0.221 e. The van der Waals surface area contributed by atoms with Gasteiger partial charge in [0.2, 0.25) is 5.95 Å². The van der Waals surface area contributed by atoms with E-state index in [1.54, 1.807) is 0 Å². The zero-order valence-electron chi connectivity index (χ0n) is 9.81. The van der Waals surface area contributed by atoms with Gasteiger partial charge in [-0.3, -0.25) is 4.98 Å². The van der Waals surface area contributed by atoms with Crippen LogP contribution in [0.4, 0.5) is 5.95 Å². The van der Waals surface area contributed by atoms with Gasteiger partial charge in [-0.05, 0) is 31.4 Å². The molecule has 5 heteroatoms. The first-order valence-corrected chi connectivity index (χ1v) is 6.33. The van der Waals surface area contributed by atoms with E-state index >= 15 is 0 Å². The monoisotopic (exact) mass is 260 g/mol. The molecule has 0 bridgehead atoms. The van der Waals surface area contributed by atoms with E-state index in [0.29, 0.717) is 11.1 Å². The Morgan fingerprint density at radius 2 is 2.17 bits per heavy atom. The highest BCUT2D eigenvalue weighted by Gasteiger charge is 2.24. The first-order chi connectivity index (χ1) is 8.74. The van der Waals surface area contributed by atoms with Crippen LogP contribution in [0.15, 0.2) is 24.4 Å². The van der Waals surface area contributed by atoms with Crippen LogP contribution in [0.3, 0.4) is 0 Å². The first-order valence-electron chi connectivity index (χ1n) is 5.95. The number of fused-ring (bicyclic) bond motifs is 1. The number of nitrogens with two attached hydrogens (primary N) is 1. The molecule has 18 heavy (non-hydrogen) atoms. The summed E-state index contributed by atoms with van der Waals surface area (Å²) >= 11 is 6.09. The summed E-state index contributed by atoms with van der Waals surface area (Å²) in [4.78, 5) is 12.7. The summed E-state index contributed by atoms with van der Waals surface area (Å²) in [7, 11) is 0. The topological polar surface area (TPSA) is 64.7 Å². The molecule has 0 fully saturated rings. The molecule has 2 N–H and O–H groups in total. The lowest BCUT2D eigenvalue weighted by molar-refractivity contribution is 0.558. The Bertz CT molecular complexity index is 571. The molecule has 92 valence electrons. The zero-order chi connectivity index (χ0) is 12.5. The number of hydrogen-bond acceptors (Lipinski definition) is 4. The summed E-state index contributed by atoms with van der Waals surface area (Å²) in [6, 6.07) is 6.00. The Kier molecular flexibility index (Phi) is 2.88. The SMILES string of the molecule is Nc1nc(Cl)c2c(n1)CC(c1ccccn1)CC2. The highest BCUT2D eigenvalue weighted by atomic mass is 35.5. The normalized spacial score (nSPS) is 18.4. The third kappa shape index (κ3) is 2.04. The fourth-order valence-corrected chi connectivity index (χ4v) is 2.75. The predicted molar refractivity (Wildman–Crippen MR) is 70.5 cm³/mol. The molecule has 2 aromatic heterocycles. The van der Waals surface area contributed by atoms with E-state index < -0.39 is 0 Å². The fourth-order valence-electron chi connectivity index (χ4n) is 2.46. The van der Waals surface area contributed by atoms with Gasteiger partial charge in [-0.2, -0.15) is 0 Å². The van der Waals surface area contributed by atoms with Crippen molar-refractivity contribution in [2.24, 2.45) is 0 Å². The standard InChI is InChI=1S/C13H13ClN4/c14-12-9-5-4-8(10-3-1-2-6-16-10)7-11(9)17-13(15)18-12/h1-3,6,8H,4-5,7H2,(H2,15,17,18). The Labute approximate surface area is 110 Å². The molecular weight excluding hydrogens is 248 g/mol. The largest absolute Gasteiger partial charge is 0.368 e. The lowest BCUT2D eigenvalue weighted by atomic mass is 9.85. The third-order valence-electron chi connectivity index (χ3n) is 3.35. The van der Waals surface area contributed by atoms with Crippen LogP contribution >= 0.6 is 11.6 Å². The van der Waals surface area contributed by atoms with Crippen LogP contribution in [-0.2, 0) is 12.8 Å². The molecule has 0 aromatic carbocycles. The average Bonchev–Trinajstić information content (AvgIpc) is 2.39. The van der Waals surface area contributed by atoms with Crippen molar-refractivity contribution < 1.29 is 0 Å². The maximum absolute atomic E-state index is 6.09. The molecule has 0 saturated heterocycles. The van der Waals surface area contributed by atoms with Gasteiger partial charge in [0.05, 0.1) is 5.69 Å². The summed E-state index contributed by atoms with van der Waals surface area (Å²) in [5, 5.41) is 0.497. The summed E-state index contributed by atoms with van der Waals surface area (Å²) in [6.07, 6.45) is 4.57. The number of pyridine rings is 1. The highest BCUT2D eigenvalue weighted by molar-refractivity contribution is 6.30. The van der Waals surface area contributed by atoms with Crippen LogP contribution in [0.25, 0.3) is 0 Å². The summed E-state index contributed by atoms with van der Waals surface area (Å²) in [5.41, 5.74) is 8.76. The number of aromatic nitrogens is 3. The maximum atomic E-state index is 6.09. The van der Waals surface area contributed by atoms with Crippen LogP contribution in [0.5, 0.6) is 0 Å². The smallest absolute Gasteiger partial charge is 0.221 e. The minimum atomic E-state index is 0.250. The van der Waals surface area contributed by atoms with Crippen molar-refractivity contribution >= 4 is 17.5 Å². The van der Waals surface area contributed by atoms with Crippen LogP contribution in [-0.4, -0.2) is 15.0 Å². The van der Waals surface area contributed by atoms with Crippen molar-refractivity contribution in [3.05, 3.63) is 46.5 Å². The summed E-state index contributed by atoms with van der Waals surface area (Å²) in [5.74, 6) is 0.643. The van der Waals surface area contributed by atoms with E-state index in [4.69, 9.17) is 17.3 Å². The second kappa shape index (κ2) is 4.53. The van der Waals surface area contributed by atoms with Gasteiger partial charge in [0.15, 0.2) is 0 Å². The van der Waals surface area contributed by atoms with Crippen LogP contribution in [0, 0.1) is 0 Å². The van der Waals surface area contributed by atoms with Crippen molar-refractivity contribution in [3.8, 4) is 0 Å². The van der Waals surface area contributed by atoms with Gasteiger partial charge < -0.3 is 5.73 Å². The number of halogens is 1. The van der Waals surface area contributed by atoms with Gasteiger partial charge in [0, 0.05) is 23.4 Å². The minimum absolute atomic E-state index is 0.250. The minimum Gasteiger partial charge on any atom is -0.368 e. The molecular formula is C13H13ClN4. The second-order valence-electron chi connectivity index (χ2n) is 4.49. The lowest BCUT2D eigenvalue weighted by Gasteiger charge is -2.23. The quantitative estimate of drug-likeness (QED) is 0.800. The third-order valence-corrected chi connectivity index (χ3v) is 3.66. The number of nitrogens with zero attached hydrogens (tertiary/aromatic N) is 3. The van der Waals surface area contributed by atoms with Crippen molar-refractivity contribution in [1.29, 1.82) is 0 Å². The Balaban J connectivity index is 1.94. The van der Waals surface area contributed by atoms with Gasteiger partial charge in [0.1, 0.15) is 5.15 Å². The van der Waals surface area contributed by atoms with Crippen LogP contribution in [0.1, 0.15) is 29.3 Å². The average molecular weight is 261 g/mol. The molecule has 1 atom stereocenters. The molecule has 0 spiro atoms. The second-order valence-corrected chi connectivity index (χ2v) is 4.85. The van der Waals surface area contributed by atoms with Gasteiger partial charge in [-0.25, -0.2) is 9.97 Å². The Hall–Kier alpha value is -1.68. The van der Waals surface area contributed by atoms with Gasteiger partial charge in [0.25, 0.3) is 0 Å². The van der Waals surface area contributed by atoms with Crippen molar-refractivity contribution in [2.75, 3.05) is 5.73 Å². The van der Waals surface area contributed by atoms with E-state index in [1.165, 1.54) is 0 Å². The van der Waals surface area contributed by atoms with E-state index in [9.17, 15) is 0 Å². The Morgan fingerprint density at radius 1 is 1.28 bits per heavy atom. The predicted octanol–water partition coefficient (Wildman–Crippen LogP) is 2.38. The number of anilines is 1. The van der Waals surface area contributed by atoms with Gasteiger partial charge >= 0.3 is 0 Å². The molecule has 0 amide bonds. The van der Waals surface area contributed by atoms with E-state index in [0.717, 1.165) is 36.2 Å². The first kappa shape index (κ1) is 11.4. The molecule has 0 aliphatic heterocycles. The number of nitrogen functional groups attached to an aromatic ring is 1. The highest BCUT2D eigenvalue weighted by Crippen LogP contribution is 2.33. The van der Waals surface area contributed by atoms with E-state index in [-0.39, 0.29) is 5.95 Å².